The Morgan fingerprint density at radius 3 is 2.05 bits per heavy atom. The zero-order valence-corrected chi connectivity index (χ0v) is 26.7. The van der Waals surface area contributed by atoms with Crippen molar-refractivity contribution in [3.63, 3.8) is 0 Å². The quantitative estimate of drug-likeness (QED) is 0.269. The molecule has 0 aliphatic heterocycles. The monoisotopic (exact) mass is 631 g/mol. The minimum Gasteiger partial charge on any atom is -0.497 e. The molecule has 12 heteroatoms. The smallest absolute Gasteiger partial charge is 0.264 e. The van der Waals surface area contributed by atoms with Crippen molar-refractivity contribution in [2.24, 2.45) is 0 Å². The lowest BCUT2D eigenvalue weighted by molar-refractivity contribution is -0.140. The molecule has 0 heterocycles. The molecule has 3 aromatic carbocycles. The standard InChI is InChI=1S/C31H38ClN3O7S/c1-7-27(31(37)33-21(2)3)34(19-22-8-14-25(40-4)15-9-22)30(36)20-35(24-12-10-23(32)11-13-24)43(38,39)26-16-17-28(41-5)29(18-26)42-6/h8-18,21,27H,7,19-20H2,1-6H3,(H,33,37)/t27-/m1/s1. The van der Waals surface area contributed by atoms with Crippen molar-refractivity contribution in [3.8, 4) is 17.2 Å². The summed E-state index contributed by atoms with van der Waals surface area (Å²) in [5, 5.41) is 3.28. The Bertz CT molecular complexity index is 1500. The van der Waals surface area contributed by atoms with Gasteiger partial charge in [-0.05, 0) is 74.4 Å². The number of benzene rings is 3. The number of nitrogens with zero attached hydrogens (tertiary/aromatic N) is 2. The van der Waals surface area contributed by atoms with Crippen LogP contribution in [0.15, 0.2) is 71.6 Å². The van der Waals surface area contributed by atoms with E-state index < -0.39 is 28.5 Å². The topological polar surface area (TPSA) is 114 Å². The van der Waals surface area contributed by atoms with Gasteiger partial charge in [0.25, 0.3) is 10.0 Å². The summed E-state index contributed by atoms with van der Waals surface area (Å²) in [6, 6.07) is 16.4. The number of halogens is 1. The molecule has 0 radical (unpaired) electrons. The van der Waals surface area contributed by atoms with Crippen molar-refractivity contribution in [1.82, 2.24) is 10.2 Å². The maximum atomic E-state index is 14.2. The van der Waals surface area contributed by atoms with Crippen LogP contribution in [0.1, 0.15) is 32.8 Å². The number of carbonyl (C=O) groups excluding carboxylic acids is 2. The van der Waals surface area contributed by atoms with Crippen LogP contribution in [0.2, 0.25) is 5.02 Å². The van der Waals surface area contributed by atoms with Gasteiger partial charge in [-0.25, -0.2) is 8.42 Å². The summed E-state index contributed by atoms with van der Waals surface area (Å²) in [7, 11) is 0.0852. The van der Waals surface area contributed by atoms with Crippen LogP contribution in [0, 0.1) is 0 Å². The summed E-state index contributed by atoms with van der Waals surface area (Å²) in [6.07, 6.45) is 0.309. The number of anilines is 1. The molecule has 1 N–H and O–H groups in total. The first-order chi connectivity index (χ1) is 20.4. The average Bonchev–Trinajstić information content (AvgIpc) is 2.99. The molecule has 0 saturated heterocycles. The molecular weight excluding hydrogens is 594 g/mol. The Balaban J connectivity index is 2.09. The Hall–Kier alpha value is -3.96. The Labute approximate surface area is 258 Å². The van der Waals surface area contributed by atoms with Crippen LogP contribution in [0.5, 0.6) is 17.2 Å². The fourth-order valence-corrected chi connectivity index (χ4v) is 6.02. The third-order valence-corrected chi connectivity index (χ3v) is 8.69. The third kappa shape index (κ3) is 8.32. The molecule has 0 spiro atoms. The van der Waals surface area contributed by atoms with Gasteiger partial charge in [0.15, 0.2) is 11.5 Å². The Morgan fingerprint density at radius 2 is 1.51 bits per heavy atom. The van der Waals surface area contributed by atoms with Gasteiger partial charge in [0, 0.05) is 23.7 Å². The first-order valence-electron chi connectivity index (χ1n) is 13.7. The molecule has 1 atom stereocenters. The summed E-state index contributed by atoms with van der Waals surface area (Å²) >= 11 is 6.10. The van der Waals surface area contributed by atoms with E-state index in [0.717, 1.165) is 9.87 Å². The van der Waals surface area contributed by atoms with Crippen molar-refractivity contribution in [3.05, 3.63) is 77.3 Å². The predicted octanol–water partition coefficient (Wildman–Crippen LogP) is 4.89. The molecule has 43 heavy (non-hydrogen) atoms. The van der Waals surface area contributed by atoms with Crippen LogP contribution < -0.4 is 23.8 Å². The zero-order chi connectivity index (χ0) is 31.7. The number of hydrogen-bond acceptors (Lipinski definition) is 7. The van der Waals surface area contributed by atoms with E-state index in [4.69, 9.17) is 25.8 Å². The van der Waals surface area contributed by atoms with E-state index >= 15 is 0 Å². The van der Waals surface area contributed by atoms with E-state index in [1.807, 2.05) is 13.8 Å². The van der Waals surface area contributed by atoms with Gasteiger partial charge in [-0.2, -0.15) is 0 Å². The molecule has 10 nitrogen and oxygen atoms in total. The minimum absolute atomic E-state index is 0.0672. The molecule has 0 aliphatic rings. The van der Waals surface area contributed by atoms with Crippen molar-refractivity contribution in [2.45, 2.75) is 50.7 Å². The zero-order valence-electron chi connectivity index (χ0n) is 25.2. The number of methoxy groups -OCH3 is 3. The summed E-state index contributed by atoms with van der Waals surface area (Å²) in [6.45, 7) is 4.95. The number of hydrogen-bond donors (Lipinski definition) is 1. The van der Waals surface area contributed by atoms with E-state index in [0.29, 0.717) is 22.9 Å². The Morgan fingerprint density at radius 1 is 0.884 bits per heavy atom. The molecule has 0 saturated carbocycles. The minimum atomic E-state index is -4.32. The van der Waals surface area contributed by atoms with Crippen molar-refractivity contribution in [2.75, 3.05) is 32.2 Å². The van der Waals surface area contributed by atoms with Crippen LogP contribution in [0.25, 0.3) is 0 Å². The lowest BCUT2D eigenvalue weighted by Gasteiger charge is -2.33. The average molecular weight is 632 g/mol. The lowest BCUT2D eigenvalue weighted by atomic mass is 10.1. The molecule has 0 bridgehead atoms. The fraction of sp³-hybridized carbons (Fsp3) is 0.355. The molecule has 0 aliphatic carbocycles. The maximum absolute atomic E-state index is 14.2. The predicted molar refractivity (Wildman–Crippen MR) is 166 cm³/mol. The van der Waals surface area contributed by atoms with E-state index in [1.54, 1.807) is 50.4 Å². The maximum Gasteiger partial charge on any atom is 0.264 e. The fourth-order valence-electron chi connectivity index (χ4n) is 4.47. The van der Waals surface area contributed by atoms with Gasteiger partial charge >= 0.3 is 0 Å². The van der Waals surface area contributed by atoms with Crippen LogP contribution >= 0.6 is 11.6 Å². The van der Waals surface area contributed by atoms with Gasteiger partial charge in [0.2, 0.25) is 11.8 Å². The summed E-state index contributed by atoms with van der Waals surface area (Å²) < 4.78 is 45.1. The second-order valence-corrected chi connectivity index (χ2v) is 12.3. The molecule has 0 fully saturated rings. The summed E-state index contributed by atoms with van der Waals surface area (Å²) in [5.74, 6) is 0.300. The van der Waals surface area contributed by atoms with Crippen LogP contribution in [-0.4, -0.2) is 65.1 Å². The lowest BCUT2D eigenvalue weighted by Crippen LogP contribution is -2.53. The molecule has 0 aromatic heterocycles. The van der Waals surface area contributed by atoms with Gasteiger partial charge in [-0.15, -0.1) is 0 Å². The van der Waals surface area contributed by atoms with E-state index in [2.05, 4.69) is 5.32 Å². The molecule has 3 rings (SSSR count). The first-order valence-corrected chi connectivity index (χ1v) is 15.5. The highest BCUT2D eigenvalue weighted by Gasteiger charge is 2.34. The number of ether oxygens (including phenoxy) is 3. The van der Waals surface area contributed by atoms with E-state index in [9.17, 15) is 18.0 Å². The second-order valence-electron chi connectivity index (χ2n) is 9.96. The van der Waals surface area contributed by atoms with Crippen molar-refractivity contribution < 1.29 is 32.2 Å². The summed E-state index contributed by atoms with van der Waals surface area (Å²) in [4.78, 5) is 28.7. The first kappa shape index (κ1) is 33.5. The van der Waals surface area contributed by atoms with Crippen molar-refractivity contribution >= 4 is 39.1 Å². The number of sulfonamides is 1. The van der Waals surface area contributed by atoms with E-state index in [-0.39, 0.29) is 34.8 Å². The Kier molecular flexibility index (Phi) is 11.7. The highest BCUT2D eigenvalue weighted by Crippen LogP contribution is 2.33. The number of nitrogens with one attached hydrogen (secondary N) is 1. The number of rotatable bonds is 14. The van der Waals surface area contributed by atoms with Gasteiger partial charge in [0.05, 0.1) is 31.9 Å². The van der Waals surface area contributed by atoms with Crippen LogP contribution in [0.3, 0.4) is 0 Å². The largest absolute Gasteiger partial charge is 0.497 e. The number of carbonyl (C=O) groups is 2. The normalized spacial score (nSPS) is 11.9. The van der Waals surface area contributed by atoms with Crippen LogP contribution in [-0.2, 0) is 26.2 Å². The summed E-state index contributed by atoms with van der Waals surface area (Å²) in [5.41, 5.74) is 0.961. The van der Waals surface area contributed by atoms with Crippen molar-refractivity contribution in [1.29, 1.82) is 0 Å². The SMILES string of the molecule is CC[C@H](C(=O)NC(C)C)N(Cc1ccc(OC)cc1)C(=O)CN(c1ccc(Cl)cc1)S(=O)(=O)c1ccc(OC)c(OC)c1. The van der Waals surface area contributed by atoms with Gasteiger partial charge in [-0.1, -0.05) is 30.7 Å². The molecule has 0 unspecified atom stereocenters. The van der Waals surface area contributed by atoms with Gasteiger partial charge < -0.3 is 24.4 Å². The molecular formula is C31H38ClN3O7S. The van der Waals surface area contributed by atoms with E-state index in [1.165, 1.54) is 49.5 Å². The van der Waals surface area contributed by atoms with Gasteiger partial charge in [0.1, 0.15) is 18.3 Å². The highest BCUT2D eigenvalue weighted by molar-refractivity contribution is 7.92. The van der Waals surface area contributed by atoms with Gasteiger partial charge in [-0.3, -0.25) is 13.9 Å². The molecule has 3 aromatic rings. The third-order valence-electron chi connectivity index (χ3n) is 6.67. The molecule has 232 valence electrons. The second kappa shape index (κ2) is 15.0. The highest BCUT2D eigenvalue weighted by atomic mass is 35.5. The number of amides is 2. The van der Waals surface area contributed by atoms with Crippen LogP contribution in [0.4, 0.5) is 5.69 Å². The molecule has 2 amide bonds.